The monoisotopic (exact) mass is 402 g/mol. The third-order valence-electron chi connectivity index (χ3n) is 5.83. The second kappa shape index (κ2) is 10.2. The third-order valence-corrected chi connectivity index (χ3v) is 5.83. The van der Waals surface area contributed by atoms with Crippen molar-refractivity contribution in [3.05, 3.63) is 78.6 Å². The van der Waals surface area contributed by atoms with Gasteiger partial charge in [-0.2, -0.15) is 5.10 Å². The summed E-state index contributed by atoms with van der Waals surface area (Å²) in [5, 5.41) is 7.41. The molecule has 5 nitrogen and oxygen atoms in total. The molecule has 1 saturated heterocycles. The van der Waals surface area contributed by atoms with Crippen molar-refractivity contribution in [1.29, 1.82) is 0 Å². The lowest BCUT2D eigenvalue weighted by Gasteiger charge is -2.32. The maximum atomic E-state index is 12.6. The Hall–Kier alpha value is -2.92. The van der Waals surface area contributed by atoms with Gasteiger partial charge in [-0.1, -0.05) is 42.5 Å². The van der Waals surface area contributed by atoms with E-state index in [4.69, 9.17) is 0 Å². The van der Waals surface area contributed by atoms with Gasteiger partial charge in [0.05, 0.1) is 0 Å². The smallest absolute Gasteiger partial charge is 0.251 e. The minimum atomic E-state index is 0.0189. The number of aromatic nitrogens is 2. The van der Waals surface area contributed by atoms with Gasteiger partial charge in [-0.25, -0.2) is 0 Å². The number of hydrogen-bond donors (Lipinski definition) is 1. The van der Waals surface area contributed by atoms with E-state index < -0.39 is 0 Å². The molecule has 0 bridgehead atoms. The van der Waals surface area contributed by atoms with Gasteiger partial charge in [0.15, 0.2) is 0 Å². The largest absolute Gasteiger partial charge is 0.352 e. The molecule has 1 aliphatic rings. The van der Waals surface area contributed by atoms with E-state index in [9.17, 15) is 4.79 Å². The molecule has 2 heterocycles. The lowest BCUT2D eigenvalue weighted by Crippen LogP contribution is -2.41. The van der Waals surface area contributed by atoms with Crippen molar-refractivity contribution in [3.8, 4) is 11.1 Å². The second-order valence-electron chi connectivity index (χ2n) is 8.08. The molecule has 4 rings (SSSR count). The molecule has 0 aliphatic carbocycles. The number of nitrogens with one attached hydrogen (secondary N) is 1. The van der Waals surface area contributed by atoms with Crippen LogP contribution in [0.1, 0.15) is 29.6 Å². The van der Waals surface area contributed by atoms with E-state index in [0.717, 1.165) is 50.3 Å². The molecule has 156 valence electrons. The van der Waals surface area contributed by atoms with Gasteiger partial charge in [-0.15, -0.1) is 0 Å². The summed E-state index contributed by atoms with van der Waals surface area (Å²) in [7, 11) is 0. The summed E-state index contributed by atoms with van der Waals surface area (Å²) in [4.78, 5) is 15.1. The van der Waals surface area contributed by atoms with Gasteiger partial charge in [0, 0.05) is 37.6 Å². The fourth-order valence-electron chi connectivity index (χ4n) is 4.19. The Kier molecular flexibility index (Phi) is 6.93. The standard InChI is InChI=1S/C25H30N4O/c30-25(24-12-10-23(11-13-24)22-8-2-1-3-9-22)26-19-21-7-4-15-28(20-21)16-6-18-29-17-5-14-27-29/h1-3,5,8-14,17,21H,4,6-7,15-16,18-20H2,(H,26,30). The molecule has 0 radical (unpaired) electrons. The summed E-state index contributed by atoms with van der Waals surface area (Å²) in [5.74, 6) is 0.543. The van der Waals surface area contributed by atoms with Crippen LogP contribution in [-0.4, -0.2) is 46.8 Å². The van der Waals surface area contributed by atoms with Crippen LogP contribution < -0.4 is 5.32 Å². The van der Waals surface area contributed by atoms with E-state index >= 15 is 0 Å². The Balaban J connectivity index is 1.22. The summed E-state index contributed by atoms with van der Waals surface area (Å²) in [6.07, 6.45) is 7.33. The fraction of sp³-hybridized carbons (Fsp3) is 0.360. The lowest BCUT2D eigenvalue weighted by atomic mass is 9.97. The molecule has 1 aromatic heterocycles. The van der Waals surface area contributed by atoms with Crippen molar-refractivity contribution in [2.75, 3.05) is 26.2 Å². The Morgan fingerprint density at radius 2 is 1.80 bits per heavy atom. The molecule has 0 spiro atoms. The van der Waals surface area contributed by atoms with Crippen LogP contribution in [0.5, 0.6) is 0 Å². The first-order chi connectivity index (χ1) is 14.8. The Morgan fingerprint density at radius 1 is 1.00 bits per heavy atom. The topological polar surface area (TPSA) is 50.2 Å². The number of rotatable bonds is 8. The number of carbonyl (C=O) groups is 1. The number of nitrogens with zero attached hydrogens (tertiary/aromatic N) is 3. The number of amides is 1. The highest BCUT2D eigenvalue weighted by atomic mass is 16.1. The molecule has 30 heavy (non-hydrogen) atoms. The summed E-state index contributed by atoms with van der Waals surface area (Å²) in [6.45, 7) is 5.01. The molecule has 1 fully saturated rings. The van der Waals surface area contributed by atoms with E-state index in [0.29, 0.717) is 5.92 Å². The SMILES string of the molecule is O=C(NCC1CCCN(CCCn2cccn2)C1)c1ccc(-c2ccccc2)cc1. The fourth-order valence-corrected chi connectivity index (χ4v) is 4.19. The first kappa shape index (κ1) is 20.4. The van der Waals surface area contributed by atoms with Gasteiger partial charge in [-0.3, -0.25) is 9.48 Å². The van der Waals surface area contributed by atoms with Crippen LogP contribution in [0.15, 0.2) is 73.1 Å². The zero-order valence-electron chi connectivity index (χ0n) is 17.4. The van der Waals surface area contributed by atoms with Crippen molar-refractivity contribution in [1.82, 2.24) is 20.0 Å². The maximum absolute atomic E-state index is 12.6. The van der Waals surface area contributed by atoms with E-state index in [1.54, 1.807) is 0 Å². The number of carbonyl (C=O) groups excluding carboxylic acids is 1. The van der Waals surface area contributed by atoms with Crippen molar-refractivity contribution in [3.63, 3.8) is 0 Å². The minimum Gasteiger partial charge on any atom is -0.352 e. The van der Waals surface area contributed by atoms with Gasteiger partial charge in [0.1, 0.15) is 0 Å². The van der Waals surface area contributed by atoms with Crippen LogP contribution in [0.2, 0.25) is 0 Å². The highest BCUT2D eigenvalue weighted by Gasteiger charge is 2.20. The molecule has 5 heteroatoms. The van der Waals surface area contributed by atoms with Crippen LogP contribution in [0.25, 0.3) is 11.1 Å². The minimum absolute atomic E-state index is 0.0189. The molecule has 1 N–H and O–H groups in total. The van der Waals surface area contributed by atoms with Crippen molar-refractivity contribution >= 4 is 5.91 Å². The third kappa shape index (κ3) is 5.57. The van der Waals surface area contributed by atoms with Gasteiger partial charge in [0.25, 0.3) is 5.91 Å². The second-order valence-corrected chi connectivity index (χ2v) is 8.08. The quantitative estimate of drug-likeness (QED) is 0.618. The van der Waals surface area contributed by atoms with E-state index in [1.165, 1.54) is 18.4 Å². The normalized spacial score (nSPS) is 17.0. The first-order valence-electron chi connectivity index (χ1n) is 10.9. The van der Waals surface area contributed by atoms with Gasteiger partial charge >= 0.3 is 0 Å². The van der Waals surface area contributed by atoms with Crippen molar-refractivity contribution in [2.24, 2.45) is 5.92 Å². The van der Waals surface area contributed by atoms with E-state index in [1.807, 2.05) is 65.6 Å². The van der Waals surface area contributed by atoms with Gasteiger partial charge in [0.2, 0.25) is 0 Å². The highest BCUT2D eigenvalue weighted by Crippen LogP contribution is 2.20. The predicted octanol–water partition coefficient (Wildman–Crippen LogP) is 4.08. The van der Waals surface area contributed by atoms with Crippen LogP contribution in [0.4, 0.5) is 0 Å². The highest BCUT2D eigenvalue weighted by molar-refractivity contribution is 5.94. The molecule has 1 atom stereocenters. The van der Waals surface area contributed by atoms with Crippen molar-refractivity contribution < 1.29 is 4.79 Å². The predicted molar refractivity (Wildman–Crippen MR) is 120 cm³/mol. The Morgan fingerprint density at radius 3 is 2.57 bits per heavy atom. The summed E-state index contributed by atoms with van der Waals surface area (Å²) in [5.41, 5.74) is 3.02. The van der Waals surface area contributed by atoms with Crippen LogP contribution in [0, 0.1) is 5.92 Å². The number of piperidine rings is 1. The molecule has 2 aromatic carbocycles. The molecular formula is C25H30N4O. The molecule has 3 aromatic rings. The lowest BCUT2D eigenvalue weighted by molar-refractivity contribution is 0.0932. The van der Waals surface area contributed by atoms with Crippen molar-refractivity contribution in [2.45, 2.75) is 25.8 Å². The Labute approximate surface area is 178 Å². The van der Waals surface area contributed by atoms with Crippen LogP contribution >= 0.6 is 0 Å². The first-order valence-corrected chi connectivity index (χ1v) is 10.9. The van der Waals surface area contributed by atoms with Gasteiger partial charge < -0.3 is 10.2 Å². The average Bonchev–Trinajstić information content (AvgIpc) is 3.32. The van der Waals surface area contributed by atoms with Crippen LogP contribution in [0.3, 0.4) is 0 Å². The molecule has 1 unspecified atom stereocenters. The summed E-state index contributed by atoms with van der Waals surface area (Å²) < 4.78 is 1.99. The number of hydrogen-bond acceptors (Lipinski definition) is 3. The number of benzene rings is 2. The maximum Gasteiger partial charge on any atom is 0.251 e. The van der Waals surface area contributed by atoms with E-state index in [-0.39, 0.29) is 5.91 Å². The molecule has 1 aliphatic heterocycles. The molecule has 1 amide bonds. The van der Waals surface area contributed by atoms with Crippen LogP contribution in [-0.2, 0) is 6.54 Å². The number of aryl methyl sites for hydroxylation is 1. The summed E-state index contributed by atoms with van der Waals surface area (Å²) >= 11 is 0. The number of likely N-dealkylation sites (tertiary alicyclic amines) is 1. The van der Waals surface area contributed by atoms with E-state index in [2.05, 4.69) is 27.4 Å². The Bertz CT molecular complexity index is 906. The van der Waals surface area contributed by atoms with Gasteiger partial charge in [-0.05, 0) is 67.6 Å². The summed E-state index contributed by atoms with van der Waals surface area (Å²) in [6, 6.07) is 20.1. The molecular weight excluding hydrogens is 372 g/mol. The molecule has 0 saturated carbocycles. The zero-order valence-corrected chi connectivity index (χ0v) is 17.4. The zero-order chi connectivity index (χ0) is 20.6. The average molecular weight is 403 g/mol.